The molecule has 0 aromatic heterocycles. The lowest BCUT2D eigenvalue weighted by molar-refractivity contribution is 0.0608. The minimum atomic E-state index is 0.667. The largest absolute Gasteiger partial charge is 0.314 e. The van der Waals surface area contributed by atoms with Gasteiger partial charge in [0, 0.05) is 6.04 Å². The third kappa shape index (κ3) is 2.07. The van der Waals surface area contributed by atoms with Gasteiger partial charge < -0.3 is 5.32 Å². The molecule has 0 radical (unpaired) electrons. The molecule has 0 heterocycles. The minimum absolute atomic E-state index is 0.667. The molecule has 1 spiro atoms. The van der Waals surface area contributed by atoms with E-state index in [0.717, 1.165) is 11.3 Å². The second-order valence-corrected chi connectivity index (χ2v) is 5.54. The van der Waals surface area contributed by atoms with Crippen LogP contribution in [0.2, 0.25) is 0 Å². The molecule has 0 saturated heterocycles. The van der Waals surface area contributed by atoms with Gasteiger partial charge in [-0.25, -0.2) is 0 Å². The summed E-state index contributed by atoms with van der Waals surface area (Å²) in [5, 5.41) is 3.55. The predicted molar refractivity (Wildman–Crippen MR) is 56.8 cm³/mol. The lowest BCUT2D eigenvalue weighted by Crippen LogP contribution is -2.41. The highest BCUT2D eigenvalue weighted by atomic mass is 14.9. The Labute approximate surface area is 82.3 Å². The molecule has 0 atom stereocenters. The maximum absolute atomic E-state index is 3.55. The Morgan fingerprint density at radius 1 is 1.23 bits per heavy atom. The van der Waals surface area contributed by atoms with Crippen molar-refractivity contribution in [3.05, 3.63) is 0 Å². The Bertz CT molecular complexity index is 160. The number of hydrogen-bond donors (Lipinski definition) is 1. The highest BCUT2D eigenvalue weighted by Crippen LogP contribution is 2.55. The molecule has 1 heteroatoms. The molecule has 0 bridgehead atoms. The first kappa shape index (κ1) is 9.51. The summed E-state index contributed by atoms with van der Waals surface area (Å²) in [5.74, 6) is 1.00. The first-order valence-corrected chi connectivity index (χ1v) is 5.94. The van der Waals surface area contributed by atoms with Crippen molar-refractivity contribution in [1.82, 2.24) is 5.32 Å². The van der Waals surface area contributed by atoms with Gasteiger partial charge in [-0.3, -0.25) is 0 Å². The van der Waals surface area contributed by atoms with Gasteiger partial charge in [0.05, 0.1) is 0 Å². The van der Waals surface area contributed by atoms with Crippen LogP contribution in [0.5, 0.6) is 0 Å². The summed E-state index contributed by atoms with van der Waals surface area (Å²) in [6, 6.07) is 0.667. The molecular weight excluding hydrogens is 158 g/mol. The highest BCUT2D eigenvalue weighted by molar-refractivity contribution is 4.97. The average Bonchev–Trinajstić information content (AvgIpc) is 2.46. The van der Waals surface area contributed by atoms with E-state index in [1.54, 1.807) is 0 Å². The molecule has 1 nitrogen and oxygen atoms in total. The number of nitrogens with one attached hydrogen (secondary N) is 1. The number of hydrogen-bond acceptors (Lipinski definition) is 1. The van der Waals surface area contributed by atoms with Crippen LogP contribution in [0.1, 0.15) is 52.4 Å². The standard InChI is InChI=1S/C12H23N/c1-10(2)13-9-11-7-12(8-11)5-3-4-6-12/h10-11,13H,3-9H2,1-2H3. The van der Waals surface area contributed by atoms with Gasteiger partial charge in [-0.05, 0) is 43.6 Å². The topological polar surface area (TPSA) is 12.0 Å². The first-order valence-electron chi connectivity index (χ1n) is 5.94. The van der Waals surface area contributed by atoms with E-state index in [1.165, 1.54) is 45.1 Å². The van der Waals surface area contributed by atoms with Crippen LogP contribution in [0.25, 0.3) is 0 Å². The van der Waals surface area contributed by atoms with Crippen LogP contribution in [0.3, 0.4) is 0 Å². The monoisotopic (exact) mass is 181 g/mol. The second kappa shape index (κ2) is 3.61. The van der Waals surface area contributed by atoms with Gasteiger partial charge >= 0.3 is 0 Å². The molecule has 2 fully saturated rings. The average molecular weight is 181 g/mol. The van der Waals surface area contributed by atoms with Crippen molar-refractivity contribution in [1.29, 1.82) is 0 Å². The molecule has 1 N–H and O–H groups in total. The van der Waals surface area contributed by atoms with Gasteiger partial charge in [-0.15, -0.1) is 0 Å². The zero-order valence-corrected chi connectivity index (χ0v) is 9.10. The SMILES string of the molecule is CC(C)NCC1CC2(CCCC2)C1. The van der Waals surface area contributed by atoms with Crippen molar-refractivity contribution in [2.75, 3.05) is 6.54 Å². The normalized spacial score (nSPS) is 27.0. The molecule has 2 rings (SSSR count). The fraction of sp³-hybridized carbons (Fsp3) is 1.00. The number of rotatable bonds is 3. The van der Waals surface area contributed by atoms with Crippen molar-refractivity contribution >= 4 is 0 Å². The fourth-order valence-corrected chi connectivity index (χ4v) is 3.24. The van der Waals surface area contributed by atoms with E-state index in [4.69, 9.17) is 0 Å². The lowest BCUT2D eigenvalue weighted by atomic mass is 9.61. The molecule has 0 aromatic rings. The smallest absolute Gasteiger partial charge is 0.00104 e. The first-order chi connectivity index (χ1) is 6.20. The summed E-state index contributed by atoms with van der Waals surface area (Å²) in [6.45, 7) is 5.74. The van der Waals surface area contributed by atoms with Gasteiger partial charge in [0.15, 0.2) is 0 Å². The van der Waals surface area contributed by atoms with Crippen molar-refractivity contribution in [2.24, 2.45) is 11.3 Å². The quantitative estimate of drug-likeness (QED) is 0.706. The molecule has 0 aliphatic heterocycles. The van der Waals surface area contributed by atoms with Crippen molar-refractivity contribution in [3.63, 3.8) is 0 Å². The summed E-state index contributed by atoms with van der Waals surface area (Å²) in [4.78, 5) is 0. The van der Waals surface area contributed by atoms with E-state index in [0.29, 0.717) is 6.04 Å². The van der Waals surface area contributed by atoms with E-state index in [2.05, 4.69) is 19.2 Å². The van der Waals surface area contributed by atoms with Gasteiger partial charge in [0.25, 0.3) is 0 Å². The van der Waals surface area contributed by atoms with Gasteiger partial charge in [0.1, 0.15) is 0 Å². The van der Waals surface area contributed by atoms with Crippen LogP contribution in [0.15, 0.2) is 0 Å². The Kier molecular flexibility index (Phi) is 2.64. The molecule has 0 amide bonds. The van der Waals surface area contributed by atoms with Crippen LogP contribution in [-0.4, -0.2) is 12.6 Å². The Balaban J connectivity index is 1.66. The Hall–Kier alpha value is -0.0400. The second-order valence-electron chi connectivity index (χ2n) is 5.54. The maximum atomic E-state index is 3.55. The minimum Gasteiger partial charge on any atom is -0.314 e. The summed E-state index contributed by atoms with van der Waals surface area (Å²) in [5.41, 5.74) is 0.837. The summed E-state index contributed by atoms with van der Waals surface area (Å²) >= 11 is 0. The molecule has 0 aromatic carbocycles. The van der Waals surface area contributed by atoms with Crippen LogP contribution in [0.4, 0.5) is 0 Å². The van der Waals surface area contributed by atoms with Crippen molar-refractivity contribution < 1.29 is 0 Å². The van der Waals surface area contributed by atoms with Gasteiger partial charge in [0.2, 0.25) is 0 Å². The van der Waals surface area contributed by atoms with Crippen LogP contribution in [-0.2, 0) is 0 Å². The van der Waals surface area contributed by atoms with E-state index < -0.39 is 0 Å². The van der Waals surface area contributed by atoms with Gasteiger partial charge in [-0.1, -0.05) is 26.7 Å². The predicted octanol–water partition coefficient (Wildman–Crippen LogP) is 2.95. The van der Waals surface area contributed by atoms with E-state index in [9.17, 15) is 0 Å². The van der Waals surface area contributed by atoms with E-state index >= 15 is 0 Å². The molecule has 2 saturated carbocycles. The third-order valence-electron chi connectivity index (χ3n) is 3.92. The maximum Gasteiger partial charge on any atom is 0.00104 e. The molecular formula is C12H23N. The summed E-state index contributed by atoms with van der Waals surface area (Å²) < 4.78 is 0. The summed E-state index contributed by atoms with van der Waals surface area (Å²) in [7, 11) is 0. The van der Waals surface area contributed by atoms with Crippen LogP contribution in [0, 0.1) is 11.3 Å². The molecule has 2 aliphatic rings. The molecule has 2 aliphatic carbocycles. The summed E-state index contributed by atoms with van der Waals surface area (Å²) in [6.07, 6.45) is 9.12. The lowest BCUT2D eigenvalue weighted by Gasteiger charge is -2.46. The Morgan fingerprint density at radius 2 is 1.85 bits per heavy atom. The Morgan fingerprint density at radius 3 is 2.38 bits per heavy atom. The third-order valence-corrected chi connectivity index (χ3v) is 3.92. The zero-order valence-electron chi connectivity index (χ0n) is 9.10. The highest BCUT2D eigenvalue weighted by Gasteiger charge is 2.44. The fourth-order valence-electron chi connectivity index (χ4n) is 3.24. The molecule has 76 valence electrons. The molecule has 13 heavy (non-hydrogen) atoms. The van der Waals surface area contributed by atoms with E-state index in [-0.39, 0.29) is 0 Å². The van der Waals surface area contributed by atoms with Crippen LogP contribution < -0.4 is 5.32 Å². The van der Waals surface area contributed by atoms with Gasteiger partial charge in [-0.2, -0.15) is 0 Å². The van der Waals surface area contributed by atoms with Crippen LogP contribution >= 0.6 is 0 Å². The van der Waals surface area contributed by atoms with E-state index in [1.807, 2.05) is 0 Å². The van der Waals surface area contributed by atoms with Crippen molar-refractivity contribution in [3.8, 4) is 0 Å². The molecule has 0 unspecified atom stereocenters. The zero-order chi connectivity index (χ0) is 9.31. The van der Waals surface area contributed by atoms with Crippen molar-refractivity contribution in [2.45, 2.75) is 58.4 Å².